The summed E-state index contributed by atoms with van der Waals surface area (Å²) >= 11 is 9.84. The summed E-state index contributed by atoms with van der Waals surface area (Å²) in [5.41, 5.74) is 1.06. The average molecular weight is 362 g/mol. The maximum absolute atomic E-state index is 6.29. The van der Waals surface area contributed by atoms with Crippen LogP contribution in [0.4, 0.5) is 0 Å². The van der Waals surface area contributed by atoms with Crippen LogP contribution in [0, 0.1) is 5.92 Å². The molecule has 0 saturated heterocycles. The molecule has 0 amide bonds. The number of halogens is 2. The molecular weight excluding hydrogens is 340 g/mol. The highest BCUT2D eigenvalue weighted by molar-refractivity contribution is 9.10. The minimum absolute atomic E-state index is 0.0919. The Bertz CT molecular complexity index is 461. The lowest BCUT2D eigenvalue weighted by Gasteiger charge is -2.21. The Kier molecular flexibility index (Phi) is 5.82. The van der Waals surface area contributed by atoms with Crippen LogP contribution in [-0.2, 0) is 4.74 Å². The zero-order chi connectivity index (χ0) is 14.7. The van der Waals surface area contributed by atoms with Crippen molar-refractivity contribution in [3.05, 3.63) is 21.1 Å². The predicted molar refractivity (Wildman–Crippen MR) is 85.2 cm³/mol. The van der Waals surface area contributed by atoms with Crippen LogP contribution in [0.25, 0.3) is 0 Å². The molecule has 2 rings (SSSR count). The highest BCUT2D eigenvalue weighted by Gasteiger charge is 2.27. The molecule has 1 aromatic rings. The molecule has 1 aromatic heterocycles. The molecule has 1 saturated carbocycles. The van der Waals surface area contributed by atoms with Gasteiger partial charge < -0.3 is 4.74 Å². The Morgan fingerprint density at radius 1 is 1.30 bits per heavy atom. The molecule has 1 aliphatic carbocycles. The van der Waals surface area contributed by atoms with E-state index in [1.165, 1.54) is 25.7 Å². The molecule has 0 aromatic carbocycles. The number of hydrogen-bond acceptors (Lipinski definition) is 3. The van der Waals surface area contributed by atoms with E-state index in [0.29, 0.717) is 23.6 Å². The second kappa shape index (κ2) is 7.19. The fourth-order valence-electron chi connectivity index (χ4n) is 2.79. The Balaban J connectivity index is 2.38. The largest absolute Gasteiger partial charge is 0.370 e. The molecule has 0 N–H and O–H groups in total. The van der Waals surface area contributed by atoms with Crippen LogP contribution in [0.3, 0.4) is 0 Å². The third-order valence-corrected chi connectivity index (χ3v) is 5.09. The molecule has 112 valence electrons. The van der Waals surface area contributed by atoms with E-state index in [0.717, 1.165) is 16.0 Å². The quantitative estimate of drug-likeness (QED) is 0.669. The SMILES string of the molecule is CCOC(c1nc(Cl)c(Br)c(C2CCCC2)n1)C(C)C. The molecule has 3 nitrogen and oxygen atoms in total. The summed E-state index contributed by atoms with van der Waals surface area (Å²) in [7, 11) is 0. The van der Waals surface area contributed by atoms with E-state index in [4.69, 9.17) is 21.3 Å². The molecule has 1 atom stereocenters. The number of aromatic nitrogens is 2. The van der Waals surface area contributed by atoms with E-state index < -0.39 is 0 Å². The Morgan fingerprint density at radius 2 is 1.95 bits per heavy atom. The summed E-state index contributed by atoms with van der Waals surface area (Å²) in [5, 5.41) is 0.502. The molecule has 0 spiro atoms. The van der Waals surface area contributed by atoms with Crippen molar-refractivity contribution in [2.75, 3.05) is 6.61 Å². The average Bonchev–Trinajstić information content (AvgIpc) is 2.92. The minimum Gasteiger partial charge on any atom is -0.370 e. The van der Waals surface area contributed by atoms with Gasteiger partial charge in [-0.15, -0.1) is 0 Å². The van der Waals surface area contributed by atoms with Gasteiger partial charge in [0.15, 0.2) is 5.82 Å². The standard InChI is InChI=1S/C15H22BrClN2O/c1-4-20-13(9(2)3)15-18-12(10-7-5-6-8-10)11(16)14(17)19-15/h9-10,13H,4-8H2,1-3H3. The van der Waals surface area contributed by atoms with E-state index in [-0.39, 0.29) is 6.10 Å². The first-order valence-electron chi connectivity index (χ1n) is 7.39. The molecule has 1 aliphatic rings. The van der Waals surface area contributed by atoms with E-state index in [1.807, 2.05) is 6.92 Å². The third kappa shape index (κ3) is 3.52. The van der Waals surface area contributed by atoms with Gasteiger partial charge in [0.05, 0.1) is 10.2 Å². The first-order valence-corrected chi connectivity index (χ1v) is 8.56. The summed E-state index contributed by atoms with van der Waals surface area (Å²) in [6, 6.07) is 0. The lowest BCUT2D eigenvalue weighted by atomic mass is 10.0. The van der Waals surface area contributed by atoms with Gasteiger partial charge in [0.1, 0.15) is 11.3 Å². The Labute approximate surface area is 134 Å². The lowest BCUT2D eigenvalue weighted by Crippen LogP contribution is -2.16. The van der Waals surface area contributed by atoms with Gasteiger partial charge in [-0.25, -0.2) is 9.97 Å². The van der Waals surface area contributed by atoms with Crippen LogP contribution < -0.4 is 0 Å². The first kappa shape index (κ1) is 16.2. The number of ether oxygens (including phenoxy) is 1. The summed E-state index contributed by atoms with van der Waals surface area (Å²) in [6.07, 6.45) is 4.82. The van der Waals surface area contributed by atoms with E-state index in [2.05, 4.69) is 34.8 Å². The molecule has 5 heteroatoms. The highest BCUT2D eigenvalue weighted by Crippen LogP contribution is 2.39. The van der Waals surface area contributed by atoms with Crippen LogP contribution in [0.1, 0.15) is 70.0 Å². The van der Waals surface area contributed by atoms with Crippen LogP contribution in [0.2, 0.25) is 5.15 Å². The fraction of sp³-hybridized carbons (Fsp3) is 0.733. The van der Waals surface area contributed by atoms with Gasteiger partial charge in [-0.2, -0.15) is 0 Å². The van der Waals surface area contributed by atoms with E-state index in [9.17, 15) is 0 Å². The van der Waals surface area contributed by atoms with Crippen LogP contribution in [0.15, 0.2) is 4.47 Å². The lowest BCUT2D eigenvalue weighted by molar-refractivity contribution is 0.0230. The van der Waals surface area contributed by atoms with Crippen molar-refractivity contribution < 1.29 is 4.74 Å². The first-order chi connectivity index (χ1) is 9.54. The Morgan fingerprint density at radius 3 is 2.50 bits per heavy atom. The summed E-state index contributed by atoms with van der Waals surface area (Å²) in [6.45, 7) is 6.89. The summed E-state index contributed by atoms with van der Waals surface area (Å²) in [4.78, 5) is 9.22. The topological polar surface area (TPSA) is 35.0 Å². The summed E-state index contributed by atoms with van der Waals surface area (Å²) in [5.74, 6) is 1.54. The van der Waals surface area contributed by atoms with Gasteiger partial charge in [0, 0.05) is 12.5 Å². The molecule has 0 aliphatic heterocycles. The highest BCUT2D eigenvalue weighted by atomic mass is 79.9. The molecule has 1 unspecified atom stereocenters. The monoisotopic (exact) mass is 360 g/mol. The summed E-state index contributed by atoms with van der Waals surface area (Å²) < 4.78 is 6.66. The van der Waals surface area contributed by atoms with Crippen molar-refractivity contribution >= 4 is 27.5 Å². The fourth-order valence-corrected chi connectivity index (χ4v) is 3.48. The zero-order valence-corrected chi connectivity index (χ0v) is 14.7. The predicted octanol–water partition coefficient (Wildman–Crippen LogP) is 5.28. The van der Waals surface area contributed by atoms with Gasteiger partial charge >= 0.3 is 0 Å². The zero-order valence-electron chi connectivity index (χ0n) is 12.3. The smallest absolute Gasteiger partial charge is 0.159 e. The van der Waals surface area contributed by atoms with Crippen molar-refractivity contribution in [2.24, 2.45) is 5.92 Å². The van der Waals surface area contributed by atoms with Crippen molar-refractivity contribution in [1.29, 1.82) is 0 Å². The normalized spacial score (nSPS) is 17.9. The van der Waals surface area contributed by atoms with Gasteiger partial charge in [0.2, 0.25) is 0 Å². The molecular formula is C15H22BrClN2O. The second-order valence-electron chi connectivity index (χ2n) is 5.67. The van der Waals surface area contributed by atoms with Gasteiger partial charge in [-0.3, -0.25) is 0 Å². The van der Waals surface area contributed by atoms with Gasteiger partial charge in [0.25, 0.3) is 0 Å². The maximum atomic E-state index is 6.29. The molecule has 20 heavy (non-hydrogen) atoms. The van der Waals surface area contributed by atoms with Gasteiger partial charge in [-0.05, 0) is 41.6 Å². The number of rotatable bonds is 5. The van der Waals surface area contributed by atoms with E-state index >= 15 is 0 Å². The number of hydrogen-bond donors (Lipinski definition) is 0. The van der Waals surface area contributed by atoms with Crippen molar-refractivity contribution in [3.8, 4) is 0 Å². The van der Waals surface area contributed by atoms with E-state index in [1.54, 1.807) is 0 Å². The van der Waals surface area contributed by atoms with Crippen molar-refractivity contribution in [1.82, 2.24) is 9.97 Å². The van der Waals surface area contributed by atoms with Crippen LogP contribution in [0.5, 0.6) is 0 Å². The molecule has 1 fully saturated rings. The van der Waals surface area contributed by atoms with Crippen LogP contribution in [-0.4, -0.2) is 16.6 Å². The Hall–Kier alpha value is -0.190. The van der Waals surface area contributed by atoms with Crippen molar-refractivity contribution in [2.45, 2.75) is 58.5 Å². The molecule has 1 heterocycles. The molecule has 0 radical (unpaired) electrons. The van der Waals surface area contributed by atoms with Gasteiger partial charge in [-0.1, -0.05) is 38.3 Å². The third-order valence-electron chi connectivity index (χ3n) is 3.80. The molecule has 0 bridgehead atoms. The minimum atomic E-state index is -0.0919. The number of nitrogens with zero attached hydrogens (tertiary/aromatic N) is 2. The van der Waals surface area contributed by atoms with Crippen molar-refractivity contribution in [3.63, 3.8) is 0 Å². The second-order valence-corrected chi connectivity index (χ2v) is 6.82. The maximum Gasteiger partial charge on any atom is 0.159 e. The van der Waals surface area contributed by atoms with Crippen LogP contribution >= 0.6 is 27.5 Å².